The second kappa shape index (κ2) is 5.57. The van der Waals surface area contributed by atoms with Crippen LogP contribution >= 0.6 is 11.8 Å². The Bertz CT molecular complexity index is 808. The van der Waals surface area contributed by atoms with Crippen LogP contribution in [0.5, 0.6) is 0 Å². The zero-order valence-corrected chi connectivity index (χ0v) is 12.2. The third-order valence-corrected chi connectivity index (χ3v) is 4.08. The van der Waals surface area contributed by atoms with Crippen molar-refractivity contribution in [3.05, 3.63) is 42.5 Å². The molecule has 1 N–H and O–H groups in total. The predicted molar refractivity (Wildman–Crippen MR) is 82.3 cm³/mol. The predicted octanol–water partition coefficient (Wildman–Crippen LogP) is 2.81. The van der Waals surface area contributed by atoms with E-state index in [9.17, 15) is 4.79 Å². The second-order valence-electron chi connectivity index (χ2n) is 4.55. The van der Waals surface area contributed by atoms with Gasteiger partial charge in [0, 0.05) is 12.6 Å². The van der Waals surface area contributed by atoms with E-state index in [0.717, 1.165) is 16.3 Å². The molecule has 0 atom stereocenters. The molecule has 106 valence electrons. The van der Waals surface area contributed by atoms with Crippen molar-refractivity contribution in [3.63, 3.8) is 0 Å². The average molecular weight is 299 g/mol. The highest BCUT2D eigenvalue weighted by molar-refractivity contribution is 7.99. The van der Waals surface area contributed by atoms with E-state index in [1.54, 1.807) is 11.7 Å². The molecule has 0 aliphatic heterocycles. The summed E-state index contributed by atoms with van der Waals surface area (Å²) < 4.78 is 1.62. The molecule has 3 rings (SSSR count). The summed E-state index contributed by atoms with van der Waals surface area (Å²) in [4.78, 5) is 15.1. The van der Waals surface area contributed by atoms with E-state index in [2.05, 4.69) is 10.1 Å². The number of hydrogen-bond acceptors (Lipinski definition) is 4. The Labute approximate surface area is 125 Å². The van der Waals surface area contributed by atoms with Crippen molar-refractivity contribution in [3.8, 4) is 11.4 Å². The number of fused-ring (bicyclic) bond motifs is 1. The molecule has 0 fully saturated rings. The normalized spacial score (nSPS) is 10.9. The molecule has 0 saturated heterocycles. The van der Waals surface area contributed by atoms with Crippen molar-refractivity contribution in [1.29, 1.82) is 0 Å². The molecular formula is C15H13N3O2S. The van der Waals surface area contributed by atoms with Gasteiger partial charge in [0.2, 0.25) is 0 Å². The molecule has 0 aliphatic carbocycles. The number of thioether (sulfide) groups is 1. The van der Waals surface area contributed by atoms with Crippen molar-refractivity contribution in [2.45, 2.75) is 5.16 Å². The van der Waals surface area contributed by atoms with Crippen LogP contribution in [0.4, 0.5) is 0 Å². The number of hydrogen-bond donors (Lipinski definition) is 1. The summed E-state index contributed by atoms with van der Waals surface area (Å²) >= 11 is 1.17. The molecule has 0 unspecified atom stereocenters. The van der Waals surface area contributed by atoms with Gasteiger partial charge in [0.15, 0.2) is 11.0 Å². The second-order valence-corrected chi connectivity index (χ2v) is 5.49. The van der Waals surface area contributed by atoms with Crippen LogP contribution in [-0.4, -0.2) is 31.6 Å². The lowest BCUT2D eigenvalue weighted by atomic mass is 10.0. The van der Waals surface area contributed by atoms with Crippen LogP contribution < -0.4 is 0 Å². The first kappa shape index (κ1) is 13.6. The van der Waals surface area contributed by atoms with Crippen LogP contribution in [0, 0.1) is 0 Å². The lowest BCUT2D eigenvalue weighted by Gasteiger charge is -2.02. The smallest absolute Gasteiger partial charge is 0.313 e. The summed E-state index contributed by atoms with van der Waals surface area (Å²) in [6.45, 7) is 0. The number of carbonyl (C=O) groups is 1. The third kappa shape index (κ3) is 2.75. The number of nitrogens with zero attached hydrogens (tertiary/aromatic N) is 3. The molecular weight excluding hydrogens is 286 g/mol. The first-order valence-electron chi connectivity index (χ1n) is 6.39. The molecule has 2 aromatic carbocycles. The maximum atomic E-state index is 10.7. The molecule has 0 bridgehead atoms. The molecule has 0 amide bonds. The fraction of sp³-hybridized carbons (Fsp3) is 0.133. The molecule has 21 heavy (non-hydrogen) atoms. The highest BCUT2D eigenvalue weighted by Gasteiger charge is 2.13. The van der Waals surface area contributed by atoms with Crippen LogP contribution in [0.1, 0.15) is 0 Å². The van der Waals surface area contributed by atoms with Crippen molar-refractivity contribution in [1.82, 2.24) is 14.8 Å². The maximum Gasteiger partial charge on any atom is 0.313 e. The van der Waals surface area contributed by atoms with Gasteiger partial charge in [-0.2, -0.15) is 5.10 Å². The lowest BCUT2D eigenvalue weighted by molar-refractivity contribution is -0.133. The van der Waals surface area contributed by atoms with E-state index in [0.29, 0.717) is 11.0 Å². The molecule has 6 heteroatoms. The standard InChI is InChI=1S/C15H13N3O2S/c1-18-15(21-9-13(19)20)16-14(17-18)12-8-4-6-10-5-2-3-7-11(10)12/h2-8H,9H2,1H3,(H,19,20). The molecule has 0 radical (unpaired) electrons. The number of aryl methyl sites for hydroxylation is 1. The minimum Gasteiger partial charge on any atom is -0.481 e. The van der Waals surface area contributed by atoms with Gasteiger partial charge in [0.05, 0.1) is 5.75 Å². The summed E-state index contributed by atoms with van der Waals surface area (Å²) in [6, 6.07) is 14.0. The zero-order valence-electron chi connectivity index (χ0n) is 11.4. The summed E-state index contributed by atoms with van der Waals surface area (Å²) in [6.07, 6.45) is 0. The van der Waals surface area contributed by atoms with Crippen LogP contribution in [0.25, 0.3) is 22.2 Å². The Kier molecular flexibility index (Phi) is 3.62. The van der Waals surface area contributed by atoms with Crippen LogP contribution in [-0.2, 0) is 11.8 Å². The van der Waals surface area contributed by atoms with Gasteiger partial charge in [-0.05, 0) is 10.8 Å². The SMILES string of the molecule is Cn1nc(-c2cccc3ccccc23)nc1SCC(=O)O. The van der Waals surface area contributed by atoms with Gasteiger partial charge in [-0.3, -0.25) is 4.79 Å². The van der Waals surface area contributed by atoms with E-state index in [-0.39, 0.29) is 5.75 Å². The molecule has 1 heterocycles. The van der Waals surface area contributed by atoms with Crippen molar-refractivity contribution in [2.75, 3.05) is 5.75 Å². The van der Waals surface area contributed by atoms with Gasteiger partial charge < -0.3 is 5.11 Å². The van der Waals surface area contributed by atoms with E-state index in [1.807, 2.05) is 42.5 Å². The third-order valence-electron chi connectivity index (χ3n) is 3.08. The fourth-order valence-electron chi connectivity index (χ4n) is 2.16. The van der Waals surface area contributed by atoms with Crippen molar-refractivity contribution < 1.29 is 9.90 Å². The summed E-state index contributed by atoms with van der Waals surface area (Å²) in [7, 11) is 1.77. The number of aromatic nitrogens is 3. The first-order valence-corrected chi connectivity index (χ1v) is 7.37. The maximum absolute atomic E-state index is 10.7. The zero-order chi connectivity index (χ0) is 14.8. The first-order chi connectivity index (χ1) is 10.1. The van der Waals surface area contributed by atoms with E-state index in [4.69, 9.17) is 5.11 Å². The van der Waals surface area contributed by atoms with Gasteiger partial charge in [-0.15, -0.1) is 0 Å². The van der Waals surface area contributed by atoms with Gasteiger partial charge in [0.25, 0.3) is 0 Å². The van der Waals surface area contributed by atoms with Gasteiger partial charge in [-0.25, -0.2) is 9.67 Å². The number of carboxylic acid groups (broad SMARTS) is 1. The average Bonchev–Trinajstić information content (AvgIpc) is 2.85. The summed E-state index contributed by atoms with van der Waals surface area (Å²) in [5, 5.41) is 16.0. The Morgan fingerprint density at radius 3 is 2.81 bits per heavy atom. The Morgan fingerprint density at radius 2 is 2.00 bits per heavy atom. The Balaban J connectivity index is 2.03. The Hall–Kier alpha value is -2.34. The fourth-order valence-corrected chi connectivity index (χ4v) is 2.79. The van der Waals surface area contributed by atoms with Crippen LogP contribution in [0.15, 0.2) is 47.6 Å². The van der Waals surface area contributed by atoms with Gasteiger partial charge >= 0.3 is 5.97 Å². The topological polar surface area (TPSA) is 68.0 Å². The van der Waals surface area contributed by atoms with Crippen LogP contribution in [0.3, 0.4) is 0 Å². The van der Waals surface area contributed by atoms with Crippen LogP contribution in [0.2, 0.25) is 0 Å². The molecule has 3 aromatic rings. The van der Waals surface area contributed by atoms with Crippen molar-refractivity contribution >= 4 is 28.5 Å². The van der Waals surface area contributed by atoms with Gasteiger partial charge in [-0.1, -0.05) is 54.2 Å². The summed E-state index contributed by atoms with van der Waals surface area (Å²) in [5.41, 5.74) is 0.950. The number of aliphatic carboxylic acids is 1. The molecule has 1 aromatic heterocycles. The highest BCUT2D eigenvalue weighted by atomic mass is 32.2. The minimum atomic E-state index is -0.866. The van der Waals surface area contributed by atoms with Crippen molar-refractivity contribution in [2.24, 2.45) is 7.05 Å². The van der Waals surface area contributed by atoms with E-state index < -0.39 is 5.97 Å². The lowest BCUT2D eigenvalue weighted by Crippen LogP contribution is -2.00. The van der Waals surface area contributed by atoms with E-state index >= 15 is 0 Å². The van der Waals surface area contributed by atoms with E-state index in [1.165, 1.54) is 11.8 Å². The van der Waals surface area contributed by atoms with Gasteiger partial charge in [0.1, 0.15) is 0 Å². The molecule has 0 aliphatic rings. The molecule has 0 spiro atoms. The quantitative estimate of drug-likeness (QED) is 0.750. The minimum absolute atomic E-state index is 0.0263. The molecule has 5 nitrogen and oxygen atoms in total. The number of carboxylic acids is 1. The monoisotopic (exact) mass is 299 g/mol. The summed E-state index contributed by atoms with van der Waals surface area (Å²) in [5.74, 6) is -0.279. The highest BCUT2D eigenvalue weighted by Crippen LogP contribution is 2.27. The Morgan fingerprint density at radius 1 is 1.24 bits per heavy atom. The largest absolute Gasteiger partial charge is 0.481 e. The molecule has 0 saturated carbocycles. The number of rotatable bonds is 4. The number of benzene rings is 2.